The number of amides is 1. The molecule has 0 atom stereocenters. The lowest BCUT2D eigenvalue weighted by atomic mass is 10.2. The van der Waals surface area contributed by atoms with Crippen molar-refractivity contribution >= 4 is 27.8 Å². The van der Waals surface area contributed by atoms with E-state index in [4.69, 9.17) is 0 Å². The average Bonchev–Trinajstić information content (AvgIpc) is 2.50. The van der Waals surface area contributed by atoms with Gasteiger partial charge in [0.2, 0.25) is 0 Å². The molecule has 0 aliphatic carbocycles. The Hall–Kier alpha value is -1.56. The van der Waals surface area contributed by atoms with Gasteiger partial charge in [0, 0.05) is 36.7 Å². The van der Waals surface area contributed by atoms with Crippen molar-refractivity contribution in [2.45, 2.75) is 19.8 Å². The van der Waals surface area contributed by atoms with Crippen LogP contribution in [0.5, 0.6) is 0 Å². The van der Waals surface area contributed by atoms with Crippen molar-refractivity contribution in [3.63, 3.8) is 0 Å². The highest BCUT2D eigenvalue weighted by Crippen LogP contribution is 2.10. The number of guanidine groups is 1. The van der Waals surface area contributed by atoms with Gasteiger partial charge in [0.15, 0.2) is 5.96 Å². The van der Waals surface area contributed by atoms with Gasteiger partial charge < -0.3 is 16.0 Å². The minimum absolute atomic E-state index is 0.0454. The molecule has 1 amide bonds. The Morgan fingerprint density at radius 1 is 1.10 bits per heavy atom. The quantitative estimate of drug-likeness (QED) is 0.399. The zero-order valence-electron chi connectivity index (χ0n) is 12.6. The third-order valence-electron chi connectivity index (χ3n) is 2.80. The first kappa shape index (κ1) is 17.5. The highest BCUT2D eigenvalue weighted by atomic mass is 79.9. The summed E-state index contributed by atoms with van der Waals surface area (Å²) >= 11 is 3.35. The fourth-order valence-electron chi connectivity index (χ4n) is 1.66. The monoisotopic (exact) mass is 354 g/mol. The molecule has 0 saturated heterocycles. The van der Waals surface area contributed by atoms with Crippen LogP contribution < -0.4 is 16.0 Å². The summed E-state index contributed by atoms with van der Waals surface area (Å²) < 4.78 is 0.967. The number of halogens is 1. The first-order valence-electron chi connectivity index (χ1n) is 7.15. The first-order valence-corrected chi connectivity index (χ1v) is 7.95. The third-order valence-corrected chi connectivity index (χ3v) is 3.33. The zero-order valence-corrected chi connectivity index (χ0v) is 14.2. The first-order chi connectivity index (χ1) is 10.2. The van der Waals surface area contributed by atoms with E-state index >= 15 is 0 Å². The Morgan fingerprint density at radius 2 is 1.71 bits per heavy atom. The molecule has 1 rings (SSSR count). The van der Waals surface area contributed by atoms with Crippen LogP contribution in [0.4, 0.5) is 0 Å². The number of carbonyl (C=O) groups excluding carboxylic acids is 1. The molecule has 1 aromatic carbocycles. The molecule has 0 saturated carbocycles. The van der Waals surface area contributed by atoms with Gasteiger partial charge in [-0.05, 0) is 37.1 Å². The molecular weight excluding hydrogens is 332 g/mol. The lowest BCUT2D eigenvalue weighted by Gasteiger charge is -2.11. The Bertz CT molecular complexity index is 459. The summed E-state index contributed by atoms with van der Waals surface area (Å²) in [6.07, 6.45) is 1.90. The second-order valence-corrected chi connectivity index (χ2v) is 5.46. The molecule has 0 heterocycles. The fourth-order valence-corrected chi connectivity index (χ4v) is 1.93. The molecule has 0 bridgehead atoms. The largest absolute Gasteiger partial charge is 0.356 e. The van der Waals surface area contributed by atoms with Crippen molar-refractivity contribution in [2.24, 2.45) is 4.99 Å². The number of carbonyl (C=O) groups is 1. The SMILES string of the molecule is CCCNC(=NC)NCCCNC(=O)c1ccc(Br)cc1. The average molecular weight is 355 g/mol. The summed E-state index contributed by atoms with van der Waals surface area (Å²) in [6.45, 7) is 4.41. The van der Waals surface area contributed by atoms with Gasteiger partial charge in [0.1, 0.15) is 0 Å². The summed E-state index contributed by atoms with van der Waals surface area (Å²) in [6, 6.07) is 7.32. The summed E-state index contributed by atoms with van der Waals surface area (Å²) in [5.74, 6) is 0.757. The van der Waals surface area contributed by atoms with Gasteiger partial charge in [-0.15, -0.1) is 0 Å². The van der Waals surface area contributed by atoms with E-state index in [1.165, 1.54) is 0 Å². The number of hydrogen-bond acceptors (Lipinski definition) is 2. The second kappa shape index (κ2) is 10.2. The van der Waals surface area contributed by atoms with Crippen molar-refractivity contribution in [2.75, 3.05) is 26.7 Å². The van der Waals surface area contributed by atoms with Gasteiger partial charge in [-0.3, -0.25) is 9.79 Å². The highest BCUT2D eigenvalue weighted by molar-refractivity contribution is 9.10. The Morgan fingerprint density at radius 3 is 2.33 bits per heavy atom. The Labute approximate surface area is 134 Å². The van der Waals surface area contributed by atoms with Crippen LogP contribution in [0.3, 0.4) is 0 Å². The van der Waals surface area contributed by atoms with Crippen LogP contribution in [0.15, 0.2) is 33.7 Å². The molecule has 0 spiro atoms. The van der Waals surface area contributed by atoms with Crippen LogP contribution in [-0.4, -0.2) is 38.5 Å². The lowest BCUT2D eigenvalue weighted by molar-refractivity contribution is 0.0953. The van der Waals surface area contributed by atoms with Gasteiger partial charge >= 0.3 is 0 Å². The molecule has 21 heavy (non-hydrogen) atoms. The van der Waals surface area contributed by atoms with Crippen molar-refractivity contribution in [3.05, 3.63) is 34.3 Å². The molecule has 116 valence electrons. The third kappa shape index (κ3) is 7.13. The molecule has 6 heteroatoms. The number of benzene rings is 1. The van der Waals surface area contributed by atoms with Gasteiger partial charge in [-0.1, -0.05) is 22.9 Å². The molecule has 0 fully saturated rings. The molecule has 0 aliphatic rings. The Balaban J connectivity index is 2.19. The maximum absolute atomic E-state index is 11.9. The molecule has 1 aromatic rings. The molecule has 3 N–H and O–H groups in total. The maximum Gasteiger partial charge on any atom is 0.251 e. The van der Waals surface area contributed by atoms with Crippen molar-refractivity contribution in [3.8, 4) is 0 Å². The van der Waals surface area contributed by atoms with E-state index in [1.54, 1.807) is 19.2 Å². The van der Waals surface area contributed by atoms with E-state index in [9.17, 15) is 4.79 Å². The second-order valence-electron chi connectivity index (χ2n) is 4.54. The number of aliphatic imine (C=N–C) groups is 1. The van der Waals surface area contributed by atoms with E-state index in [0.29, 0.717) is 12.1 Å². The summed E-state index contributed by atoms with van der Waals surface area (Å²) in [7, 11) is 1.75. The summed E-state index contributed by atoms with van der Waals surface area (Å²) in [4.78, 5) is 16.0. The van der Waals surface area contributed by atoms with Crippen molar-refractivity contribution in [1.82, 2.24) is 16.0 Å². The zero-order chi connectivity index (χ0) is 15.5. The maximum atomic E-state index is 11.9. The molecule has 5 nitrogen and oxygen atoms in total. The predicted octanol–water partition coefficient (Wildman–Crippen LogP) is 2.14. The number of hydrogen-bond donors (Lipinski definition) is 3. The van der Waals surface area contributed by atoms with Crippen molar-refractivity contribution < 1.29 is 4.79 Å². The van der Waals surface area contributed by atoms with Crippen LogP contribution >= 0.6 is 15.9 Å². The van der Waals surface area contributed by atoms with E-state index < -0.39 is 0 Å². The number of nitrogens with one attached hydrogen (secondary N) is 3. The predicted molar refractivity (Wildman–Crippen MR) is 90.7 cm³/mol. The Kier molecular flexibility index (Phi) is 8.50. The van der Waals surface area contributed by atoms with Gasteiger partial charge in [-0.25, -0.2) is 0 Å². The lowest BCUT2D eigenvalue weighted by Crippen LogP contribution is -2.39. The minimum atomic E-state index is -0.0454. The summed E-state index contributed by atoms with van der Waals surface area (Å²) in [5, 5.41) is 9.30. The number of nitrogens with zero attached hydrogens (tertiary/aromatic N) is 1. The minimum Gasteiger partial charge on any atom is -0.356 e. The fraction of sp³-hybridized carbons (Fsp3) is 0.467. The molecular formula is C15H23BrN4O. The van der Waals surface area contributed by atoms with Gasteiger partial charge in [-0.2, -0.15) is 0 Å². The van der Waals surface area contributed by atoms with E-state index in [-0.39, 0.29) is 5.91 Å². The molecule has 0 radical (unpaired) electrons. The van der Waals surface area contributed by atoms with E-state index in [0.717, 1.165) is 36.4 Å². The summed E-state index contributed by atoms with van der Waals surface area (Å²) in [5.41, 5.74) is 0.673. The number of rotatable bonds is 7. The standard InChI is InChI=1S/C15H23BrN4O/c1-3-9-19-15(17-2)20-11-4-10-18-14(21)12-5-7-13(16)8-6-12/h5-8H,3-4,9-11H2,1-2H3,(H,18,21)(H2,17,19,20). The van der Waals surface area contributed by atoms with Crippen LogP contribution in [-0.2, 0) is 0 Å². The topological polar surface area (TPSA) is 65.5 Å². The van der Waals surface area contributed by atoms with Crippen molar-refractivity contribution in [1.29, 1.82) is 0 Å². The van der Waals surface area contributed by atoms with Crippen LogP contribution in [0, 0.1) is 0 Å². The van der Waals surface area contributed by atoms with E-state index in [2.05, 4.69) is 43.8 Å². The molecule has 0 aromatic heterocycles. The van der Waals surface area contributed by atoms with Gasteiger partial charge in [0.05, 0.1) is 0 Å². The van der Waals surface area contributed by atoms with Gasteiger partial charge in [0.25, 0.3) is 5.91 Å². The smallest absolute Gasteiger partial charge is 0.251 e. The van der Waals surface area contributed by atoms with Crippen LogP contribution in [0.1, 0.15) is 30.1 Å². The van der Waals surface area contributed by atoms with Crippen LogP contribution in [0.2, 0.25) is 0 Å². The highest BCUT2D eigenvalue weighted by Gasteiger charge is 2.03. The van der Waals surface area contributed by atoms with E-state index in [1.807, 2.05) is 12.1 Å². The normalized spacial score (nSPS) is 11.1. The molecule has 0 unspecified atom stereocenters. The van der Waals surface area contributed by atoms with Crippen LogP contribution in [0.25, 0.3) is 0 Å². The molecule has 0 aliphatic heterocycles.